The van der Waals surface area contributed by atoms with Crippen molar-refractivity contribution >= 4 is 6.03 Å². The number of hydrogen-bond donors (Lipinski definition) is 1. The first kappa shape index (κ1) is 20.7. The molecule has 8 heteroatoms. The first-order valence-corrected chi connectivity index (χ1v) is 11.1. The van der Waals surface area contributed by atoms with Crippen molar-refractivity contribution in [3.8, 4) is 0 Å². The highest BCUT2D eigenvalue weighted by Gasteiger charge is 2.21. The maximum absolute atomic E-state index is 12.5. The van der Waals surface area contributed by atoms with Gasteiger partial charge in [-0.2, -0.15) is 5.10 Å². The van der Waals surface area contributed by atoms with E-state index in [1.54, 1.807) is 9.25 Å². The molecule has 162 valence electrons. The summed E-state index contributed by atoms with van der Waals surface area (Å²) in [5.74, 6) is 0.902. The van der Waals surface area contributed by atoms with E-state index in [-0.39, 0.29) is 11.7 Å². The molecule has 1 aromatic heterocycles. The van der Waals surface area contributed by atoms with Crippen LogP contribution in [0.3, 0.4) is 0 Å². The van der Waals surface area contributed by atoms with Gasteiger partial charge in [-0.25, -0.2) is 14.3 Å². The lowest BCUT2D eigenvalue weighted by Crippen LogP contribution is -2.51. The van der Waals surface area contributed by atoms with Crippen LogP contribution in [0.2, 0.25) is 0 Å². The lowest BCUT2D eigenvalue weighted by Gasteiger charge is -2.34. The number of hydrogen-bond acceptors (Lipinski definition) is 4. The van der Waals surface area contributed by atoms with Gasteiger partial charge in [-0.05, 0) is 31.7 Å². The molecule has 30 heavy (non-hydrogen) atoms. The predicted molar refractivity (Wildman–Crippen MR) is 115 cm³/mol. The van der Waals surface area contributed by atoms with Gasteiger partial charge in [-0.1, -0.05) is 29.8 Å². The number of urea groups is 1. The summed E-state index contributed by atoms with van der Waals surface area (Å²) in [5.41, 5.74) is 2.59. The zero-order chi connectivity index (χ0) is 20.9. The van der Waals surface area contributed by atoms with Crippen molar-refractivity contribution in [3.63, 3.8) is 0 Å². The van der Waals surface area contributed by atoms with Crippen LogP contribution in [0.4, 0.5) is 4.79 Å². The molecule has 1 aromatic carbocycles. The SMILES string of the molecule is Cc1cccc(CN2CCN(C(=O)NCCCn3nc4n(c3=O)CCCC4)CC2)c1. The predicted octanol–water partition coefficient (Wildman–Crippen LogP) is 1.61. The largest absolute Gasteiger partial charge is 0.345 e. The Kier molecular flexibility index (Phi) is 6.52. The number of nitrogens with zero attached hydrogens (tertiary/aromatic N) is 5. The molecule has 3 heterocycles. The number of rotatable bonds is 6. The number of aryl methyl sites for hydroxylation is 3. The molecule has 0 unspecified atom stereocenters. The van der Waals surface area contributed by atoms with Crippen molar-refractivity contribution in [3.05, 3.63) is 51.7 Å². The fraction of sp³-hybridized carbons (Fsp3) is 0.591. The Labute approximate surface area is 177 Å². The van der Waals surface area contributed by atoms with Gasteiger partial charge in [0.1, 0.15) is 5.82 Å². The number of piperazine rings is 1. The minimum atomic E-state index is -0.0132. The number of amides is 2. The molecule has 1 saturated heterocycles. The highest BCUT2D eigenvalue weighted by atomic mass is 16.2. The lowest BCUT2D eigenvalue weighted by molar-refractivity contribution is 0.135. The Morgan fingerprint density at radius 3 is 2.73 bits per heavy atom. The maximum atomic E-state index is 12.5. The van der Waals surface area contributed by atoms with Crippen LogP contribution in [-0.4, -0.2) is 62.9 Å². The Morgan fingerprint density at radius 1 is 1.13 bits per heavy atom. The highest BCUT2D eigenvalue weighted by Crippen LogP contribution is 2.11. The number of carbonyl (C=O) groups is 1. The molecule has 1 fully saturated rings. The third-order valence-electron chi connectivity index (χ3n) is 6.00. The van der Waals surface area contributed by atoms with Crippen LogP contribution in [0.1, 0.15) is 36.2 Å². The van der Waals surface area contributed by atoms with E-state index in [4.69, 9.17) is 0 Å². The normalized spacial score (nSPS) is 17.0. The van der Waals surface area contributed by atoms with Crippen molar-refractivity contribution in [2.24, 2.45) is 0 Å². The van der Waals surface area contributed by atoms with Gasteiger partial charge in [0.15, 0.2) is 0 Å². The first-order chi connectivity index (χ1) is 14.6. The van der Waals surface area contributed by atoms with E-state index < -0.39 is 0 Å². The van der Waals surface area contributed by atoms with Crippen molar-refractivity contribution in [2.45, 2.75) is 52.2 Å². The molecular weight excluding hydrogens is 380 g/mol. The average Bonchev–Trinajstić information content (AvgIpc) is 3.07. The van der Waals surface area contributed by atoms with Gasteiger partial charge < -0.3 is 10.2 Å². The van der Waals surface area contributed by atoms with Crippen molar-refractivity contribution in [1.82, 2.24) is 29.5 Å². The molecule has 1 N–H and O–H groups in total. The molecule has 4 rings (SSSR count). The van der Waals surface area contributed by atoms with Crippen molar-refractivity contribution in [1.29, 1.82) is 0 Å². The Hall–Kier alpha value is -2.61. The van der Waals surface area contributed by atoms with Gasteiger partial charge in [0.05, 0.1) is 0 Å². The van der Waals surface area contributed by atoms with Gasteiger partial charge in [0.2, 0.25) is 0 Å². The molecule has 0 spiro atoms. The summed E-state index contributed by atoms with van der Waals surface area (Å²) < 4.78 is 3.34. The molecule has 0 radical (unpaired) electrons. The van der Waals surface area contributed by atoms with Gasteiger partial charge in [-0.3, -0.25) is 9.47 Å². The molecule has 2 aliphatic rings. The summed E-state index contributed by atoms with van der Waals surface area (Å²) >= 11 is 0. The average molecular weight is 413 g/mol. The molecule has 2 aromatic rings. The molecule has 2 aliphatic heterocycles. The van der Waals surface area contributed by atoms with Crippen LogP contribution >= 0.6 is 0 Å². The van der Waals surface area contributed by atoms with Crippen LogP contribution in [0.5, 0.6) is 0 Å². The monoisotopic (exact) mass is 412 g/mol. The highest BCUT2D eigenvalue weighted by molar-refractivity contribution is 5.74. The number of benzene rings is 1. The van der Waals surface area contributed by atoms with Crippen LogP contribution in [0, 0.1) is 6.92 Å². The van der Waals surface area contributed by atoms with Crippen molar-refractivity contribution in [2.75, 3.05) is 32.7 Å². The van der Waals surface area contributed by atoms with E-state index in [9.17, 15) is 9.59 Å². The Bertz CT molecular complexity index is 926. The second-order valence-electron chi connectivity index (χ2n) is 8.37. The summed E-state index contributed by atoms with van der Waals surface area (Å²) in [7, 11) is 0. The standard InChI is InChI=1S/C22H32N6O2/c1-18-6-4-7-19(16-18)17-25-12-14-26(15-13-25)21(29)23-9-5-11-28-22(30)27-10-3-2-8-20(27)24-28/h4,6-7,16H,2-3,5,8-15,17H2,1H3,(H,23,29). The molecule has 0 saturated carbocycles. The minimum absolute atomic E-state index is 0.0123. The second-order valence-corrected chi connectivity index (χ2v) is 8.37. The van der Waals surface area contributed by atoms with Gasteiger partial charge in [0.25, 0.3) is 0 Å². The summed E-state index contributed by atoms with van der Waals surface area (Å²) in [6.45, 7) is 8.18. The molecule has 0 aliphatic carbocycles. The smallest absolute Gasteiger partial charge is 0.338 e. The summed E-state index contributed by atoms with van der Waals surface area (Å²) in [6.07, 6.45) is 3.74. The number of aromatic nitrogens is 3. The maximum Gasteiger partial charge on any atom is 0.345 e. The first-order valence-electron chi connectivity index (χ1n) is 11.1. The van der Waals surface area contributed by atoms with Crippen LogP contribution in [0.25, 0.3) is 0 Å². The summed E-state index contributed by atoms with van der Waals surface area (Å²) in [5, 5.41) is 7.44. The van der Waals surface area contributed by atoms with E-state index in [1.807, 2.05) is 4.90 Å². The van der Waals surface area contributed by atoms with E-state index in [0.717, 1.165) is 64.4 Å². The van der Waals surface area contributed by atoms with Crippen LogP contribution < -0.4 is 11.0 Å². The van der Waals surface area contributed by atoms with E-state index in [0.29, 0.717) is 19.5 Å². The van der Waals surface area contributed by atoms with Gasteiger partial charge in [0, 0.05) is 58.8 Å². The number of carbonyl (C=O) groups excluding carboxylic acids is 1. The van der Waals surface area contributed by atoms with Crippen LogP contribution in [0.15, 0.2) is 29.1 Å². The van der Waals surface area contributed by atoms with Gasteiger partial charge >= 0.3 is 11.7 Å². The number of fused-ring (bicyclic) bond motifs is 1. The van der Waals surface area contributed by atoms with E-state index in [2.05, 4.69) is 46.5 Å². The third-order valence-corrected chi connectivity index (χ3v) is 6.00. The molecular formula is C22H32N6O2. The second kappa shape index (κ2) is 9.47. The quantitative estimate of drug-likeness (QED) is 0.732. The zero-order valence-corrected chi connectivity index (χ0v) is 17.8. The summed E-state index contributed by atoms with van der Waals surface area (Å²) in [4.78, 5) is 29.1. The molecule has 0 atom stereocenters. The topological polar surface area (TPSA) is 75.4 Å². The van der Waals surface area contributed by atoms with Crippen molar-refractivity contribution < 1.29 is 4.79 Å². The Balaban J connectivity index is 1.17. The van der Waals surface area contributed by atoms with Crippen LogP contribution in [-0.2, 0) is 26.1 Å². The lowest BCUT2D eigenvalue weighted by atomic mass is 10.1. The number of nitrogens with one attached hydrogen (secondary N) is 1. The fourth-order valence-corrected chi connectivity index (χ4v) is 4.31. The summed E-state index contributed by atoms with van der Waals surface area (Å²) in [6, 6.07) is 8.58. The zero-order valence-electron chi connectivity index (χ0n) is 17.8. The van der Waals surface area contributed by atoms with E-state index in [1.165, 1.54) is 11.1 Å². The Morgan fingerprint density at radius 2 is 1.97 bits per heavy atom. The van der Waals surface area contributed by atoms with Gasteiger partial charge in [-0.15, -0.1) is 0 Å². The molecule has 8 nitrogen and oxygen atoms in total. The molecule has 0 bridgehead atoms. The minimum Gasteiger partial charge on any atom is -0.338 e. The fourth-order valence-electron chi connectivity index (χ4n) is 4.31. The van der Waals surface area contributed by atoms with E-state index >= 15 is 0 Å². The third kappa shape index (κ3) is 4.92. The molecule has 2 amide bonds.